The first-order valence-corrected chi connectivity index (χ1v) is 7.04. The van der Waals surface area contributed by atoms with Gasteiger partial charge in [0.1, 0.15) is 5.75 Å². The minimum absolute atomic E-state index is 0.0544. The number of ether oxygens (including phenoxy) is 1. The van der Waals surface area contributed by atoms with E-state index in [0.717, 1.165) is 18.5 Å². The topological polar surface area (TPSA) is 79.9 Å². The molecule has 1 atom stereocenters. The second-order valence-electron chi connectivity index (χ2n) is 4.79. The number of oxime groups is 1. The average Bonchev–Trinajstić information content (AvgIpc) is 2.50. The summed E-state index contributed by atoms with van der Waals surface area (Å²) in [5, 5.41) is 15.3. The Morgan fingerprint density at radius 2 is 2.20 bits per heavy atom. The number of nitrogens with one attached hydrogen (secondary N) is 1. The lowest BCUT2D eigenvalue weighted by Gasteiger charge is -2.17. The van der Waals surface area contributed by atoms with E-state index in [2.05, 4.69) is 24.3 Å². The van der Waals surface area contributed by atoms with Crippen LogP contribution in [0.5, 0.6) is 5.75 Å². The fourth-order valence-electron chi connectivity index (χ4n) is 2.17. The van der Waals surface area contributed by atoms with Crippen LogP contribution in [0.1, 0.15) is 44.2 Å². The van der Waals surface area contributed by atoms with E-state index < -0.39 is 0 Å². The highest BCUT2D eigenvalue weighted by Crippen LogP contribution is 2.20. The van der Waals surface area contributed by atoms with Gasteiger partial charge in [-0.25, -0.2) is 0 Å². The molecular weight excluding hydrogens is 254 g/mol. The Labute approximate surface area is 120 Å². The van der Waals surface area contributed by atoms with E-state index in [9.17, 15) is 0 Å². The van der Waals surface area contributed by atoms with E-state index in [4.69, 9.17) is 15.7 Å². The van der Waals surface area contributed by atoms with Crippen molar-refractivity contribution in [2.24, 2.45) is 10.9 Å². The smallest absolute Gasteiger partial charge is 0.173 e. The zero-order valence-corrected chi connectivity index (χ0v) is 12.5. The molecule has 5 nitrogen and oxygen atoms in total. The third-order valence-electron chi connectivity index (χ3n) is 3.37. The van der Waals surface area contributed by atoms with Gasteiger partial charge in [-0.3, -0.25) is 0 Å². The summed E-state index contributed by atoms with van der Waals surface area (Å²) < 4.78 is 5.29. The summed E-state index contributed by atoms with van der Waals surface area (Å²) in [6, 6.07) is 6.22. The summed E-state index contributed by atoms with van der Waals surface area (Å²) in [5.41, 5.74) is 7.32. The lowest BCUT2D eigenvalue weighted by atomic mass is 10.1. The van der Waals surface area contributed by atoms with Crippen LogP contribution in [0, 0.1) is 0 Å². The van der Waals surface area contributed by atoms with Crippen molar-refractivity contribution in [3.63, 3.8) is 0 Å². The van der Waals surface area contributed by atoms with Gasteiger partial charge in [0.05, 0.1) is 12.7 Å². The first kappa shape index (κ1) is 16.3. The van der Waals surface area contributed by atoms with Gasteiger partial charge in [0, 0.05) is 12.6 Å². The minimum atomic E-state index is 0.0544. The number of hydrogen-bond donors (Lipinski definition) is 3. The van der Waals surface area contributed by atoms with Crippen molar-refractivity contribution in [3.8, 4) is 5.75 Å². The number of methoxy groups -OCH3 is 1. The second-order valence-corrected chi connectivity index (χ2v) is 4.79. The predicted octanol–water partition coefficient (Wildman–Crippen LogP) is 2.46. The third-order valence-corrected chi connectivity index (χ3v) is 3.37. The van der Waals surface area contributed by atoms with Crippen molar-refractivity contribution >= 4 is 5.84 Å². The largest absolute Gasteiger partial charge is 0.496 e. The molecule has 1 unspecified atom stereocenters. The molecule has 112 valence electrons. The minimum Gasteiger partial charge on any atom is -0.496 e. The molecule has 0 saturated carbocycles. The van der Waals surface area contributed by atoms with Gasteiger partial charge in [-0.15, -0.1) is 0 Å². The summed E-state index contributed by atoms with van der Waals surface area (Å²) in [6.07, 6.45) is 3.47. The van der Waals surface area contributed by atoms with Gasteiger partial charge >= 0.3 is 0 Å². The van der Waals surface area contributed by atoms with Gasteiger partial charge < -0.3 is 21.0 Å². The van der Waals surface area contributed by atoms with Crippen LogP contribution in [0.2, 0.25) is 0 Å². The molecule has 1 aromatic carbocycles. The maximum atomic E-state index is 8.74. The summed E-state index contributed by atoms with van der Waals surface area (Å²) in [4.78, 5) is 0. The van der Waals surface area contributed by atoms with Gasteiger partial charge in [0.25, 0.3) is 0 Å². The number of nitrogens with zero attached hydrogens (tertiary/aromatic N) is 1. The molecule has 1 aromatic rings. The quantitative estimate of drug-likeness (QED) is 0.295. The molecule has 1 rings (SSSR count). The molecule has 20 heavy (non-hydrogen) atoms. The zero-order valence-electron chi connectivity index (χ0n) is 12.5. The Bertz CT molecular complexity index is 447. The van der Waals surface area contributed by atoms with E-state index in [-0.39, 0.29) is 5.84 Å². The lowest BCUT2D eigenvalue weighted by molar-refractivity contribution is 0.318. The zero-order chi connectivity index (χ0) is 15.0. The molecule has 0 saturated heterocycles. The van der Waals surface area contributed by atoms with E-state index >= 15 is 0 Å². The normalized spacial score (nSPS) is 13.2. The Morgan fingerprint density at radius 1 is 1.45 bits per heavy atom. The number of benzene rings is 1. The number of rotatable bonds is 8. The number of hydrogen-bond acceptors (Lipinski definition) is 4. The SMILES string of the molecule is CCCC(CC)NCc1ccc(/C(N)=N/O)c(OC)c1. The molecule has 0 amide bonds. The maximum Gasteiger partial charge on any atom is 0.173 e. The summed E-state index contributed by atoms with van der Waals surface area (Å²) in [7, 11) is 1.58. The van der Waals surface area contributed by atoms with E-state index in [1.54, 1.807) is 7.11 Å². The first-order chi connectivity index (χ1) is 9.65. The molecule has 5 heteroatoms. The molecule has 0 aromatic heterocycles. The van der Waals surface area contributed by atoms with Crippen LogP contribution >= 0.6 is 0 Å². The molecule has 0 heterocycles. The third kappa shape index (κ3) is 4.42. The molecule has 0 radical (unpaired) electrons. The molecule has 4 N–H and O–H groups in total. The van der Waals surface area contributed by atoms with Crippen LogP contribution < -0.4 is 15.8 Å². The Kier molecular flexibility index (Phi) is 6.87. The first-order valence-electron chi connectivity index (χ1n) is 7.04. The molecule has 0 aliphatic heterocycles. The molecule has 0 fully saturated rings. The fourth-order valence-corrected chi connectivity index (χ4v) is 2.17. The van der Waals surface area contributed by atoms with Crippen LogP contribution in [-0.4, -0.2) is 24.2 Å². The van der Waals surface area contributed by atoms with Crippen LogP contribution in [-0.2, 0) is 6.54 Å². The van der Waals surface area contributed by atoms with Crippen molar-refractivity contribution in [2.45, 2.75) is 45.7 Å². The van der Waals surface area contributed by atoms with Crippen molar-refractivity contribution in [1.82, 2.24) is 5.32 Å². The van der Waals surface area contributed by atoms with Gasteiger partial charge in [0.15, 0.2) is 5.84 Å². The van der Waals surface area contributed by atoms with Gasteiger partial charge in [0.2, 0.25) is 0 Å². The molecule has 0 aliphatic rings. The van der Waals surface area contributed by atoms with Crippen LogP contribution in [0.15, 0.2) is 23.4 Å². The summed E-state index contributed by atoms with van der Waals surface area (Å²) >= 11 is 0. The monoisotopic (exact) mass is 279 g/mol. The van der Waals surface area contributed by atoms with Crippen LogP contribution in [0.3, 0.4) is 0 Å². The lowest BCUT2D eigenvalue weighted by Crippen LogP contribution is -2.27. The van der Waals surface area contributed by atoms with Gasteiger partial charge in [-0.2, -0.15) is 0 Å². The van der Waals surface area contributed by atoms with Crippen molar-refractivity contribution in [1.29, 1.82) is 0 Å². The molecule has 0 spiro atoms. The highest BCUT2D eigenvalue weighted by Gasteiger charge is 2.10. The summed E-state index contributed by atoms with van der Waals surface area (Å²) in [5.74, 6) is 0.668. The Hall–Kier alpha value is -1.75. The number of nitrogens with two attached hydrogens (primary N) is 1. The highest BCUT2D eigenvalue weighted by atomic mass is 16.5. The van der Waals surface area contributed by atoms with E-state index in [1.807, 2.05) is 18.2 Å². The molecular formula is C15H25N3O2. The van der Waals surface area contributed by atoms with Crippen LogP contribution in [0.4, 0.5) is 0 Å². The van der Waals surface area contributed by atoms with Gasteiger partial charge in [-0.1, -0.05) is 31.5 Å². The van der Waals surface area contributed by atoms with Crippen molar-refractivity contribution < 1.29 is 9.94 Å². The fraction of sp³-hybridized carbons (Fsp3) is 0.533. The molecule has 0 bridgehead atoms. The van der Waals surface area contributed by atoms with Crippen molar-refractivity contribution in [2.75, 3.05) is 7.11 Å². The predicted molar refractivity (Wildman–Crippen MR) is 81.3 cm³/mol. The number of amidine groups is 1. The Morgan fingerprint density at radius 3 is 2.75 bits per heavy atom. The standard InChI is InChI=1S/C15H25N3O2/c1-4-6-12(5-2)17-10-11-7-8-13(15(16)18-19)14(9-11)20-3/h7-9,12,17,19H,4-6,10H2,1-3H3,(H2,16,18). The van der Waals surface area contributed by atoms with Crippen LogP contribution in [0.25, 0.3) is 0 Å². The average molecular weight is 279 g/mol. The van der Waals surface area contributed by atoms with Crippen molar-refractivity contribution in [3.05, 3.63) is 29.3 Å². The second kappa shape index (κ2) is 8.43. The maximum absolute atomic E-state index is 8.74. The highest BCUT2D eigenvalue weighted by molar-refractivity contribution is 5.99. The van der Waals surface area contributed by atoms with E-state index in [1.165, 1.54) is 12.8 Å². The van der Waals surface area contributed by atoms with Gasteiger partial charge in [-0.05, 0) is 30.5 Å². The Balaban J connectivity index is 2.78. The molecule has 0 aliphatic carbocycles. The van der Waals surface area contributed by atoms with E-state index in [0.29, 0.717) is 17.4 Å². The summed E-state index contributed by atoms with van der Waals surface area (Å²) in [6.45, 7) is 5.17.